The van der Waals surface area contributed by atoms with Gasteiger partial charge in [-0.3, -0.25) is 10.2 Å². The highest BCUT2D eigenvalue weighted by molar-refractivity contribution is 5.75. The van der Waals surface area contributed by atoms with Crippen molar-refractivity contribution in [1.29, 1.82) is 0 Å². The van der Waals surface area contributed by atoms with Crippen LogP contribution in [0.1, 0.15) is 20.3 Å². The second kappa shape index (κ2) is 4.24. The zero-order valence-corrected chi connectivity index (χ0v) is 6.29. The smallest absolute Gasteiger partial charge is 0.236 e. The first kappa shape index (κ1) is 9.39. The van der Waals surface area contributed by atoms with Gasteiger partial charge in [0.05, 0.1) is 12.5 Å². The van der Waals surface area contributed by atoms with Gasteiger partial charge in [-0.1, -0.05) is 13.8 Å². The molecule has 0 bridgehead atoms. The number of aliphatic hydroxyl groups is 1. The van der Waals surface area contributed by atoms with Crippen LogP contribution in [0.25, 0.3) is 0 Å². The maximum atomic E-state index is 10.5. The highest BCUT2D eigenvalue weighted by atomic mass is 16.3. The Bertz CT molecular complexity index is 114. The lowest BCUT2D eigenvalue weighted by Crippen LogP contribution is -2.34. The van der Waals surface area contributed by atoms with Crippen LogP contribution in [-0.4, -0.2) is 17.1 Å². The third kappa shape index (κ3) is 3.42. The van der Waals surface area contributed by atoms with Gasteiger partial charge in [0.2, 0.25) is 5.91 Å². The van der Waals surface area contributed by atoms with Gasteiger partial charge in [0.25, 0.3) is 0 Å². The van der Waals surface area contributed by atoms with E-state index in [0.717, 1.165) is 0 Å². The second-order valence-corrected chi connectivity index (χ2v) is 2.58. The minimum absolute atomic E-state index is 0.0775. The summed E-state index contributed by atoms with van der Waals surface area (Å²) in [5.74, 6) is 4.57. The van der Waals surface area contributed by atoms with Gasteiger partial charge in [0, 0.05) is 0 Å². The molecule has 1 amide bonds. The largest absolute Gasteiger partial charge is 0.392 e. The highest BCUT2D eigenvalue weighted by Gasteiger charge is 2.12. The van der Waals surface area contributed by atoms with Crippen LogP contribution in [0, 0.1) is 5.92 Å². The Labute approximate surface area is 60.4 Å². The number of amides is 1. The van der Waals surface area contributed by atoms with Crippen LogP contribution in [0.15, 0.2) is 0 Å². The third-order valence-electron chi connectivity index (χ3n) is 1.33. The van der Waals surface area contributed by atoms with E-state index in [1.165, 1.54) is 0 Å². The van der Waals surface area contributed by atoms with E-state index >= 15 is 0 Å². The second-order valence-electron chi connectivity index (χ2n) is 2.58. The molecule has 10 heavy (non-hydrogen) atoms. The average Bonchev–Trinajstić information content (AvgIpc) is 1.87. The van der Waals surface area contributed by atoms with Crippen molar-refractivity contribution in [1.82, 2.24) is 5.43 Å². The predicted molar refractivity (Wildman–Crippen MR) is 37.8 cm³/mol. The van der Waals surface area contributed by atoms with Crippen molar-refractivity contribution in [2.75, 3.05) is 0 Å². The summed E-state index contributed by atoms with van der Waals surface area (Å²) >= 11 is 0. The Morgan fingerprint density at radius 3 is 2.50 bits per heavy atom. The molecule has 4 nitrogen and oxygen atoms in total. The monoisotopic (exact) mass is 146 g/mol. The molecule has 0 rings (SSSR count). The molecule has 0 aliphatic heterocycles. The molecular formula is C6H14N2O2. The zero-order chi connectivity index (χ0) is 8.15. The molecule has 0 radical (unpaired) electrons. The van der Waals surface area contributed by atoms with E-state index in [0.29, 0.717) is 0 Å². The third-order valence-corrected chi connectivity index (χ3v) is 1.33. The molecule has 0 spiro atoms. The van der Waals surface area contributed by atoms with Crippen molar-refractivity contribution in [2.24, 2.45) is 11.8 Å². The van der Waals surface area contributed by atoms with Crippen LogP contribution < -0.4 is 11.3 Å². The van der Waals surface area contributed by atoms with Gasteiger partial charge in [-0.15, -0.1) is 0 Å². The molecule has 60 valence electrons. The quantitative estimate of drug-likeness (QED) is 0.282. The number of hydrogen-bond donors (Lipinski definition) is 3. The Balaban J connectivity index is 3.57. The summed E-state index contributed by atoms with van der Waals surface area (Å²) in [4.78, 5) is 10.5. The van der Waals surface area contributed by atoms with Gasteiger partial charge < -0.3 is 5.11 Å². The van der Waals surface area contributed by atoms with E-state index in [9.17, 15) is 4.79 Å². The predicted octanol–water partition coefficient (Wildman–Crippen LogP) is -0.617. The van der Waals surface area contributed by atoms with E-state index in [2.05, 4.69) is 0 Å². The number of nitrogens with two attached hydrogens (primary N) is 1. The number of nitrogens with one attached hydrogen (secondary N) is 1. The minimum atomic E-state index is -0.594. The molecular weight excluding hydrogens is 132 g/mol. The summed E-state index contributed by atoms with van der Waals surface area (Å²) in [5, 5.41) is 9.11. The molecule has 0 saturated carbocycles. The van der Waals surface area contributed by atoms with Gasteiger partial charge in [-0.25, -0.2) is 5.84 Å². The fraction of sp³-hybridized carbons (Fsp3) is 0.833. The molecule has 4 heteroatoms. The summed E-state index contributed by atoms with van der Waals surface area (Å²) in [6, 6.07) is 0. The molecule has 0 aliphatic rings. The molecule has 0 unspecified atom stereocenters. The molecule has 0 aromatic heterocycles. The molecule has 0 aromatic rings. The van der Waals surface area contributed by atoms with E-state index in [-0.39, 0.29) is 18.2 Å². The molecule has 1 atom stereocenters. The van der Waals surface area contributed by atoms with Gasteiger partial charge in [-0.05, 0) is 5.92 Å². The average molecular weight is 146 g/mol. The van der Waals surface area contributed by atoms with Crippen LogP contribution in [0.2, 0.25) is 0 Å². The Hall–Kier alpha value is -0.610. The normalized spacial score (nSPS) is 13.3. The van der Waals surface area contributed by atoms with E-state index in [4.69, 9.17) is 10.9 Å². The summed E-state index contributed by atoms with van der Waals surface area (Å²) in [6.07, 6.45) is -0.516. The first-order chi connectivity index (χ1) is 4.57. The van der Waals surface area contributed by atoms with E-state index < -0.39 is 6.10 Å². The Morgan fingerprint density at radius 2 is 2.20 bits per heavy atom. The maximum Gasteiger partial charge on any atom is 0.236 e. The van der Waals surface area contributed by atoms with E-state index in [1.807, 2.05) is 19.3 Å². The summed E-state index contributed by atoms with van der Waals surface area (Å²) in [7, 11) is 0. The van der Waals surface area contributed by atoms with Gasteiger partial charge in [0.1, 0.15) is 0 Å². The van der Waals surface area contributed by atoms with Crippen molar-refractivity contribution >= 4 is 5.91 Å². The topological polar surface area (TPSA) is 75.3 Å². The van der Waals surface area contributed by atoms with Gasteiger partial charge in [0.15, 0.2) is 0 Å². The minimum Gasteiger partial charge on any atom is -0.392 e. The van der Waals surface area contributed by atoms with Crippen molar-refractivity contribution < 1.29 is 9.90 Å². The van der Waals surface area contributed by atoms with Crippen molar-refractivity contribution in [3.63, 3.8) is 0 Å². The summed E-state index contributed by atoms with van der Waals surface area (Å²) in [5.41, 5.74) is 1.95. The summed E-state index contributed by atoms with van der Waals surface area (Å²) < 4.78 is 0. The maximum absolute atomic E-state index is 10.5. The van der Waals surface area contributed by atoms with Crippen LogP contribution in [0.5, 0.6) is 0 Å². The lowest BCUT2D eigenvalue weighted by Gasteiger charge is -2.12. The van der Waals surface area contributed by atoms with Crippen LogP contribution in [0.3, 0.4) is 0 Å². The number of carbonyl (C=O) groups is 1. The standard InChI is InChI=1S/C6H14N2O2/c1-4(2)5(9)3-6(10)8-7/h4-5,9H,3,7H2,1-2H3,(H,8,10)/t5-/m1/s1. The molecule has 0 aliphatic carbocycles. The van der Waals surface area contributed by atoms with Crippen LogP contribution in [-0.2, 0) is 4.79 Å². The van der Waals surface area contributed by atoms with Crippen molar-refractivity contribution in [2.45, 2.75) is 26.4 Å². The first-order valence-electron chi connectivity index (χ1n) is 3.25. The molecule has 0 fully saturated rings. The Morgan fingerprint density at radius 1 is 1.70 bits per heavy atom. The molecule has 0 heterocycles. The summed E-state index contributed by atoms with van der Waals surface area (Å²) in [6.45, 7) is 3.68. The fourth-order valence-electron chi connectivity index (χ4n) is 0.485. The number of carbonyl (C=O) groups excluding carboxylic acids is 1. The van der Waals surface area contributed by atoms with Gasteiger partial charge >= 0.3 is 0 Å². The SMILES string of the molecule is CC(C)[C@H](O)CC(=O)NN. The fourth-order valence-corrected chi connectivity index (χ4v) is 0.485. The van der Waals surface area contributed by atoms with Crippen molar-refractivity contribution in [3.05, 3.63) is 0 Å². The highest BCUT2D eigenvalue weighted by Crippen LogP contribution is 2.04. The number of rotatable bonds is 3. The van der Waals surface area contributed by atoms with Gasteiger partial charge in [-0.2, -0.15) is 0 Å². The van der Waals surface area contributed by atoms with Crippen LogP contribution >= 0.6 is 0 Å². The number of hydrazine groups is 1. The van der Waals surface area contributed by atoms with Crippen molar-refractivity contribution in [3.8, 4) is 0 Å². The zero-order valence-electron chi connectivity index (χ0n) is 6.29. The molecule has 4 N–H and O–H groups in total. The lowest BCUT2D eigenvalue weighted by molar-refractivity contribution is -0.123. The first-order valence-corrected chi connectivity index (χ1v) is 3.25. The number of hydrogen-bond acceptors (Lipinski definition) is 3. The molecule has 0 aromatic carbocycles. The van der Waals surface area contributed by atoms with E-state index in [1.54, 1.807) is 0 Å². The number of aliphatic hydroxyl groups excluding tert-OH is 1. The Kier molecular flexibility index (Phi) is 3.99. The molecule has 0 saturated heterocycles. The van der Waals surface area contributed by atoms with Crippen LogP contribution in [0.4, 0.5) is 0 Å². The lowest BCUT2D eigenvalue weighted by atomic mass is 10.0.